The topological polar surface area (TPSA) is 78.9 Å². The van der Waals surface area contributed by atoms with Crippen molar-refractivity contribution in [3.05, 3.63) is 35.9 Å². The summed E-state index contributed by atoms with van der Waals surface area (Å²) < 4.78 is 5.28. The molecule has 1 fully saturated rings. The van der Waals surface area contributed by atoms with Crippen LogP contribution in [0.25, 0.3) is 0 Å². The molecule has 21 heavy (non-hydrogen) atoms. The number of carbonyl (C=O) groups excluding carboxylic acids is 1. The number of nitrogens with zero attached hydrogens (tertiary/aromatic N) is 1. The number of aliphatic carboxylic acids is 1. The average molecular weight is 292 g/mol. The number of hydrogen-bond acceptors (Lipinski definition) is 4. The molecule has 1 amide bonds. The lowest BCUT2D eigenvalue weighted by molar-refractivity contribution is -0.136. The summed E-state index contributed by atoms with van der Waals surface area (Å²) in [6.45, 7) is 2.11. The van der Waals surface area contributed by atoms with Crippen LogP contribution in [0.5, 0.6) is 0 Å². The first-order chi connectivity index (χ1) is 10.1. The molecular formula is C15H20N2O4. The smallest absolute Gasteiger partial charge is 0.410 e. The molecule has 2 N–H and O–H groups in total. The summed E-state index contributed by atoms with van der Waals surface area (Å²) >= 11 is 0. The molecule has 0 spiro atoms. The van der Waals surface area contributed by atoms with Crippen molar-refractivity contribution in [2.75, 3.05) is 26.2 Å². The highest BCUT2D eigenvalue weighted by molar-refractivity contribution is 5.69. The molecule has 114 valence electrons. The molecule has 0 radical (unpaired) electrons. The Morgan fingerprint density at radius 2 is 2.10 bits per heavy atom. The third-order valence-electron chi connectivity index (χ3n) is 3.46. The van der Waals surface area contributed by atoms with Gasteiger partial charge in [0, 0.05) is 19.6 Å². The lowest BCUT2D eigenvalue weighted by Crippen LogP contribution is -2.32. The second kappa shape index (κ2) is 7.64. The van der Waals surface area contributed by atoms with Crippen molar-refractivity contribution in [3.8, 4) is 0 Å². The van der Waals surface area contributed by atoms with E-state index in [1.54, 1.807) is 4.90 Å². The van der Waals surface area contributed by atoms with Gasteiger partial charge in [-0.05, 0) is 17.9 Å². The zero-order chi connectivity index (χ0) is 15.1. The fraction of sp³-hybridized carbons (Fsp3) is 0.467. The van der Waals surface area contributed by atoms with E-state index in [0.717, 1.165) is 12.0 Å². The Morgan fingerprint density at radius 3 is 2.81 bits per heavy atom. The van der Waals surface area contributed by atoms with E-state index in [1.807, 2.05) is 30.3 Å². The lowest BCUT2D eigenvalue weighted by atomic mass is 10.1. The number of carboxylic acid groups (broad SMARTS) is 1. The van der Waals surface area contributed by atoms with E-state index in [1.165, 1.54) is 0 Å². The molecule has 2 rings (SSSR count). The van der Waals surface area contributed by atoms with Crippen LogP contribution in [0.15, 0.2) is 30.3 Å². The first-order valence-electron chi connectivity index (χ1n) is 7.03. The van der Waals surface area contributed by atoms with E-state index < -0.39 is 5.97 Å². The zero-order valence-electron chi connectivity index (χ0n) is 11.8. The van der Waals surface area contributed by atoms with Gasteiger partial charge in [0.25, 0.3) is 0 Å². The number of rotatable bonds is 6. The largest absolute Gasteiger partial charge is 0.480 e. The van der Waals surface area contributed by atoms with Crippen LogP contribution >= 0.6 is 0 Å². The molecule has 0 aliphatic carbocycles. The van der Waals surface area contributed by atoms with Gasteiger partial charge in [-0.3, -0.25) is 4.79 Å². The highest BCUT2D eigenvalue weighted by atomic mass is 16.6. The number of hydrogen-bond donors (Lipinski definition) is 2. The van der Waals surface area contributed by atoms with E-state index in [9.17, 15) is 9.59 Å². The standard InChI is InChI=1S/C15H20N2O4/c18-14(19)9-16-8-13-6-7-17(10-13)15(20)21-11-12-4-2-1-3-5-12/h1-5,13,16H,6-11H2,(H,18,19). The van der Waals surface area contributed by atoms with Gasteiger partial charge in [0.2, 0.25) is 0 Å². The van der Waals surface area contributed by atoms with Gasteiger partial charge >= 0.3 is 12.1 Å². The molecule has 1 aromatic rings. The summed E-state index contributed by atoms with van der Waals surface area (Å²) in [6.07, 6.45) is 0.562. The van der Waals surface area contributed by atoms with Crippen molar-refractivity contribution in [1.82, 2.24) is 10.2 Å². The zero-order valence-corrected chi connectivity index (χ0v) is 11.8. The van der Waals surface area contributed by atoms with Gasteiger partial charge in [-0.1, -0.05) is 30.3 Å². The molecule has 1 saturated heterocycles. The SMILES string of the molecule is O=C(O)CNCC1CCN(C(=O)OCc2ccccc2)C1. The summed E-state index contributed by atoms with van der Waals surface area (Å²) in [7, 11) is 0. The first-order valence-corrected chi connectivity index (χ1v) is 7.03. The number of carbonyl (C=O) groups is 2. The van der Waals surface area contributed by atoms with Crippen molar-refractivity contribution in [3.63, 3.8) is 0 Å². The number of likely N-dealkylation sites (tertiary alicyclic amines) is 1. The first kappa shape index (κ1) is 15.3. The molecule has 1 aliphatic heterocycles. The molecule has 0 aromatic heterocycles. The minimum absolute atomic E-state index is 0.0467. The van der Waals surface area contributed by atoms with Crippen LogP contribution in [-0.2, 0) is 16.1 Å². The van der Waals surface area contributed by atoms with Gasteiger partial charge in [-0.2, -0.15) is 0 Å². The molecule has 0 bridgehead atoms. The van der Waals surface area contributed by atoms with Crippen LogP contribution in [-0.4, -0.2) is 48.2 Å². The highest BCUT2D eigenvalue weighted by Crippen LogP contribution is 2.16. The quantitative estimate of drug-likeness (QED) is 0.826. The second-order valence-corrected chi connectivity index (χ2v) is 5.17. The average Bonchev–Trinajstić information content (AvgIpc) is 2.94. The Morgan fingerprint density at radius 1 is 1.33 bits per heavy atom. The molecule has 6 nitrogen and oxygen atoms in total. The van der Waals surface area contributed by atoms with Crippen molar-refractivity contribution in [2.24, 2.45) is 5.92 Å². The molecular weight excluding hydrogens is 272 g/mol. The number of amides is 1. The molecule has 1 aliphatic rings. The van der Waals surface area contributed by atoms with E-state index >= 15 is 0 Å². The van der Waals surface area contributed by atoms with Gasteiger partial charge in [-0.15, -0.1) is 0 Å². The van der Waals surface area contributed by atoms with Crippen LogP contribution < -0.4 is 5.32 Å². The number of ether oxygens (including phenoxy) is 1. The van der Waals surface area contributed by atoms with Crippen LogP contribution in [0.1, 0.15) is 12.0 Å². The van der Waals surface area contributed by atoms with Gasteiger partial charge in [0.1, 0.15) is 6.61 Å². The molecule has 1 aromatic carbocycles. The predicted molar refractivity (Wildman–Crippen MR) is 76.8 cm³/mol. The monoisotopic (exact) mass is 292 g/mol. The van der Waals surface area contributed by atoms with Gasteiger partial charge in [0.05, 0.1) is 6.54 Å². The number of nitrogens with one attached hydrogen (secondary N) is 1. The molecule has 1 unspecified atom stereocenters. The van der Waals surface area contributed by atoms with E-state index in [-0.39, 0.29) is 25.2 Å². The van der Waals surface area contributed by atoms with Crippen LogP contribution in [0.3, 0.4) is 0 Å². The summed E-state index contributed by atoms with van der Waals surface area (Å²) in [5, 5.41) is 11.4. The second-order valence-electron chi connectivity index (χ2n) is 5.17. The third kappa shape index (κ3) is 5.07. The third-order valence-corrected chi connectivity index (χ3v) is 3.46. The maximum Gasteiger partial charge on any atom is 0.410 e. The number of carboxylic acids is 1. The van der Waals surface area contributed by atoms with Gasteiger partial charge in [-0.25, -0.2) is 4.79 Å². The fourth-order valence-electron chi connectivity index (χ4n) is 2.36. The van der Waals surface area contributed by atoms with Crippen molar-refractivity contribution in [1.29, 1.82) is 0 Å². The fourth-order valence-corrected chi connectivity index (χ4v) is 2.36. The maximum atomic E-state index is 11.9. The molecule has 1 heterocycles. The summed E-state index contributed by atoms with van der Waals surface area (Å²) in [5.74, 6) is -0.583. The van der Waals surface area contributed by atoms with E-state index in [2.05, 4.69) is 5.32 Å². The van der Waals surface area contributed by atoms with E-state index in [4.69, 9.17) is 9.84 Å². The highest BCUT2D eigenvalue weighted by Gasteiger charge is 2.27. The Kier molecular flexibility index (Phi) is 5.57. The summed E-state index contributed by atoms with van der Waals surface area (Å²) in [4.78, 5) is 24.0. The summed E-state index contributed by atoms with van der Waals surface area (Å²) in [5.41, 5.74) is 0.963. The predicted octanol–water partition coefficient (Wildman–Crippen LogP) is 1.32. The van der Waals surface area contributed by atoms with Crippen molar-refractivity contribution >= 4 is 12.1 Å². The Labute approximate surface area is 123 Å². The van der Waals surface area contributed by atoms with Crippen LogP contribution in [0.4, 0.5) is 4.79 Å². The Bertz CT molecular complexity index is 478. The Balaban J connectivity index is 1.68. The van der Waals surface area contributed by atoms with Crippen molar-refractivity contribution in [2.45, 2.75) is 13.0 Å². The maximum absolute atomic E-state index is 11.9. The summed E-state index contributed by atoms with van der Waals surface area (Å²) in [6, 6.07) is 9.55. The molecule has 0 saturated carbocycles. The normalized spacial score (nSPS) is 17.7. The van der Waals surface area contributed by atoms with Gasteiger partial charge < -0.3 is 20.1 Å². The van der Waals surface area contributed by atoms with Crippen LogP contribution in [0.2, 0.25) is 0 Å². The molecule has 1 atom stereocenters. The van der Waals surface area contributed by atoms with Crippen LogP contribution in [0, 0.1) is 5.92 Å². The Hall–Kier alpha value is -2.08. The molecule has 6 heteroatoms. The van der Waals surface area contributed by atoms with Crippen molar-refractivity contribution < 1.29 is 19.4 Å². The van der Waals surface area contributed by atoms with E-state index in [0.29, 0.717) is 19.6 Å². The van der Waals surface area contributed by atoms with Gasteiger partial charge in [0.15, 0.2) is 0 Å². The number of benzene rings is 1. The lowest BCUT2D eigenvalue weighted by Gasteiger charge is -2.16. The minimum atomic E-state index is -0.868. The minimum Gasteiger partial charge on any atom is -0.480 e.